The predicted octanol–water partition coefficient (Wildman–Crippen LogP) is 1.01. The van der Waals surface area contributed by atoms with Crippen molar-refractivity contribution in [2.75, 3.05) is 12.0 Å². The SMILES string of the molecule is COC(=O)c1ccc(N2C(=O)C[C@@H]([NH2+]Cc3ccc(F)cc3)C2=O)cc1. The first kappa shape index (κ1) is 17.8. The molecule has 2 aromatic rings. The Hall–Kier alpha value is -3.06. The van der Waals surface area contributed by atoms with Crippen LogP contribution in [0.1, 0.15) is 22.3 Å². The van der Waals surface area contributed by atoms with Crippen molar-refractivity contribution >= 4 is 23.5 Å². The van der Waals surface area contributed by atoms with Crippen molar-refractivity contribution in [2.24, 2.45) is 0 Å². The van der Waals surface area contributed by atoms with Crippen molar-refractivity contribution in [3.05, 3.63) is 65.5 Å². The summed E-state index contributed by atoms with van der Waals surface area (Å²) >= 11 is 0. The lowest BCUT2D eigenvalue weighted by Crippen LogP contribution is -2.90. The number of amides is 2. The summed E-state index contributed by atoms with van der Waals surface area (Å²) in [5.41, 5.74) is 1.63. The molecule has 0 aromatic heterocycles. The molecule has 7 heteroatoms. The number of halogens is 1. The molecule has 26 heavy (non-hydrogen) atoms. The summed E-state index contributed by atoms with van der Waals surface area (Å²) in [6.45, 7) is 0.471. The van der Waals surface area contributed by atoms with E-state index in [1.165, 1.54) is 31.4 Å². The number of quaternary nitrogens is 1. The van der Waals surface area contributed by atoms with Gasteiger partial charge in [-0.3, -0.25) is 9.59 Å². The Bertz CT molecular complexity index is 834. The van der Waals surface area contributed by atoms with Gasteiger partial charge >= 0.3 is 5.97 Å². The van der Waals surface area contributed by atoms with Crippen molar-refractivity contribution in [1.29, 1.82) is 0 Å². The minimum atomic E-state index is -0.521. The molecule has 0 saturated carbocycles. The zero-order valence-corrected chi connectivity index (χ0v) is 14.1. The van der Waals surface area contributed by atoms with Crippen LogP contribution in [0.4, 0.5) is 10.1 Å². The number of rotatable bonds is 5. The Morgan fingerprint density at radius 1 is 1.15 bits per heavy atom. The molecule has 1 heterocycles. The summed E-state index contributed by atoms with van der Waals surface area (Å²) in [5.74, 6) is -1.40. The van der Waals surface area contributed by atoms with E-state index in [1.807, 2.05) is 0 Å². The van der Waals surface area contributed by atoms with Gasteiger partial charge in [-0.25, -0.2) is 14.1 Å². The molecule has 0 aliphatic carbocycles. The van der Waals surface area contributed by atoms with Gasteiger partial charge in [0.15, 0.2) is 6.04 Å². The first-order chi connectivity index (χ1) is 12.5. The molecular weight excluding hydrogens is 339 g/mol. The predicted molar refractivity (Wildman–Crippen MR) is 90.7 cm³/mol. The number of anilines is 1. The van der Waals surface area contributed by atoms with Crippen LogP contribution >= 0.6 is 0 Å². The minimum absolute atomic E-state index is 0.0960. The van der Waals surface area contributed by atoms with E-state index in [0.29, 0.717) is 17.8 Å². The normalized spacial score (nSPS) is 16.8. The van der Waals surface area contributed by atoms with E-state index >= 15 is 0 Å². The molecule has 3 rings (SSSR count). The minimum Gasteiger partial charge on any atom is -0.465 e. The Labute approximate surface area is 149 Å². The average Bonchev–Trinajstić information content (AvgIpc) is 2.94. The maximum absolute atomic E-state index is 12.9. The average molecular weight is 357 g/mol. The fourth-order valence-electron chi connectivity index (χ4n) is 2.87. The fraction of sp³-hybridized carbons (Fsp3) is 0.211. The van der Waals surface area contributed by atoms with E-state index in [0.717, 1.165) is 10.5 Å². The highest BCUT2D eigenvalue weighted by molar-refractivity contribution is 6.21. The number of carbonyl (C=O) groups excluding carboxylic acids is 3. The first-order valence-electron chi connectivity index (χ1n) is 8.12. The first-order valence-corrected chi connectivity index (χ1v) is 8.12. The summed E-state index contributed by atoms with van der Waals surface area (Å²) in [7, 11) is 1.28. The number of nitrogens with two attached hydrogens (primary N) is 1. The van der Waals surface area contributed by atoms with Crippen molar-refractivity contribution in [3.63, 3.8) is 0 Å². The molecule has 2 amide bonds. The lowest BCUT2D eigenvalue weighted by molar-refractivity contribution is -0.690. The number of methoxy groups -OCH3 is 1. The second kappa shape index (κ2) is 7.45. The molecule has 2 aromatic carbocycles. The van der Waals surface area contributed by atoms with Crippen LogP contribution in [0.15, 0.2) is 48.5 Å². The molecule has 1 fully saturated rings. The van der Waals surface area contributed by atoms with Crippen molar-refractivity contribution in [2.45, 2.75) is 19.0 Å². The summed E-state index contributed by atoms with van der Waals surface area (Å²) in [6.07, 6.45) is 0.0960. The molecule has 2 N–H and O–H groups in total. The molecule has 1 saturated heterocycles. The molecule has 6 nitrogen and oxygen atoms in total. The number of imide groups is 1. The third-order valence-electron chi connectivity index (χ3n) is 4.28. The highest BCUT2D eigenvalue weighted by Crippen LogP contribution is 2.22. The third kappa shape index (κ3) is 3.62. The van der Waals surface area contributed by atoms with Gasteiger partial charge in [0.25, 0.3) is 5.91 Å². The Morgan fingerprint density at radius 3 is 2.42 bits per heavy atom. The van der Waals surface area contributed by atoms with Gasteiger partial charge in [-0.2, -0.15) is 0 Å². The van der Waals surface area contributed by atoms with Crippen LogP contribution in [0, 0.1) is 5.82 Å². The molecule has 0 unspecified atom stereocenters. The van der Waals surface area contributed by atoms with E-state index in [2.05, 4.69) is 4.74 Å². The van der Waals surface area contributed by atoms with E-state index in [1.54, 1.807) is 29.6 Å². The molecular formula is C19H18FN2O4+. The lowest BCUT2D eigenvalue weighted by Gasteiger charge is -2.14. The van der Waals surface area contributed by atoms with Crippen LogP contribution in [0.3, 0.4) is 0 Å². The quantitative estimate of drug-likeness (QED) is 0.640. The number of ether oxygens (including phenoxy) is 1. The summed E-state index contributed by atoms with van der Waals surface area (Å²) in [4.78, 5) is 37.5. The van der Waals surface area contributed by atoms with Gasteiger partial charge in [0.1, 0.15) is 12.4 Å². The lowest BCUT2D eigenvalue weighted by atomic mass is 10.2. The van der Waals surface area contributed by atoms with Crippen molar-refractivity contribution < 1.29 is 28.8 Å². The molecule has 1 aliphatic heterocycles. The van der Waals surface area contributed by atoms with Crippen LogP contribution in [0.5, 0.6) is 0 Å². The molecule has 1 aliphatic rings. The largest absolute Gasteiger partial charge is 0.465 e. The van der Waals surface area contributed by atoms with Crippen molar-refractivity contribution in [1.82, 2.24) is 0 Å². The zero-order chi connectivity index (χ0) is 18.7. The van der Waals surface area contributed by atoms with Gasteiger partial charge in [0.2, 0.25) is 5.91 Å². The third-order valence-corrected chi connectivity index (χ3v) is 4.28. The fourth-order valence-corrected chi connectivity index (χ4v) is 2.87. The van der Waals surface area contributed by atoms with Crippen LogP contribution in [0.2, 0.25) is 0 Å². The smallest absolute Gasteiger partial charge is 0.337 e. The number of benzene rings is 2. The number of esters is 1. The van der Waals surface area contributed by atoms with Gasteiger partial charge < -0.3 is 10.1 Å². The van der Waals surface area contributed by atoms with E-state index in [4.69, 9.17) is 0 Å². The maximum Gasteiger partial charge on any atom is 0.337 e. The standard InChI is InChI=1S/C19H17FN2O4/c1-26-19(25)13-4-8-15(9-5-13)22-17(23)10-16(18(22)24)21-11-12-2-6-14(20)7-3-12/h2-9,16,21H,10-11H2,1H3/p+1/t16-/m1/s1. The second-order valence-electron chi connectivity index (χ2n) is 5.98. The Morgan fingerprint density at radius 2 is 1.81 bits per heavy atom. The van der Waals surface area contributed by atoms with Crippen LogP contribution in [-0.4, -0.2) is 30.9 Å². The highest BCUT2D eigenvalue weighted by Gasteiger charge is 2.42. The molecule has 0 bridgehead atoms. The number of carbonyl (C=O) groups is 3. The number of hydrogen-bond acceptors (Lipinski definition) is 4. The zero-order valence-electron chi connectivity index (χ0n) is 14.1. The van der Waals surface area contributed by atoms with Gasteiger partial charge in [-0.05, 0) is 36.4 Å². The second-order valence-corrected chi connectivity index (χ2v) is 5.98. The Balaban J connectivity index is 1.68. The molecule has 134 valence electrons. The van der Waals surface area contributed by atoms with E-state index in [9.17, 15) is 18.8 Å². The van der Waals surface area contributed by atoms with Crippen molar-refractivity contribution in [3.8, 4) is 0 Å². The van der Waals surface area contributed by atoms with Gasteiger partial charge in [-0.1, -0.05) is 12.1 Å². The molecule has 0 radical (unpaired) electrons. The van der Waals surface area contributed by atoms with Gasteiger partial charge in [0.05, 0.1) is 24.8 Å². The summed E-state index contributed by atoms with van der Waals surface area (Å²) < 4.78 is 17.6. The Kier molecular flexibility index (Phi) is 5.09. The maximum atomic E-state index is 12.9. The van der Waals surface area contributed by atoms with E-state index in [-0.39, 0.29) is 24.1 Å². The van der Waals surface area contributed by atoms with Gasteiger partial charge in [0, 0.05) is 5.56 Å². The van der Waals surface area contributed by atoms with Crippen LogP contribution in [0.25, 0.3) is 0 Å². The van der Waals surface area contributed by atoms with E-state index < -0.39 is 12.0 Å². The summed E-state index contributed by atoms with van der Waals surface area (Å²) in [5, 5.41) is 1.77. The summed E-state index contributed by atoms with van der Waals surface area (Å²) in [6, 6.07) is 11.6. The molecule has 0 spiro atoms. The van der Waals surface area contributed by atoms with Crippen LogP contribution in [-0.2, 0) is 20.9 Å². The topological polar surface area (TPSA) is 80.3 Å². The highest BCUT2D eigenvalue weighted by atomic mass is 19.1. The monoisotopic (exact) mass is 357 g/mol. The number of hydrogen-bond donors (Lipinski definition) is 1. The number of nitrogens with zero attached hydrogens (tertiary/aromatic N) is 1. The van der Waals surface area contributed by atoms with Gasteiger partial charge in [-0.15, -0.1) is 0 Å². The van der Waals surface area contributed by atoms with Crippen LogP contribution < -0.4 is 10.2 Å². The molecule has 1 atom stereocenters.